The Bertz CT molecular complexity index is 556. The van der Waals surface area contributed by atoms with Crippen molar-refractivity contribution >= 4 is 5.91 Å². The van der Waals surface area contributed by atoms with Crippen LogP contribution < -0.4 is 5.32 Å². The Morgan fingerprint density at radius 2 is 2.30 bits per heavy atom. The maximum atomic E-state index is 12.1. The third-order valence-electron chi connectivity index (χ3n) is 2.89. The molecule has 0 aliphatic heterocycles. The number of aryl methyl sites for hydroxylation is 1. The van der Waals surface area contributed by atoms with E-state index in [0.29, 0.717) is 18.2 Å². The molecule has 0 spiro atoms. The molecule has 0 unspecified atom stereocenters. The van der Waals surface area contributed by atoms with Gasteiger partial charge in [0.25, 0.3) is 5.91 Å². The van der Waals surface area contributed by atoms with Crippen LogP contribution in [-0.4, -0.2) is 22.2 Å². The largest absolute Gasteiger partial charge is 0.463 e. The zero-order chi connectivity index (χ0) is 14.5. The van der Waals surface area contributed by atoms with Crippen LogP contribution in [0.15, 0.2) is 28.9 Å². The van der Waals surface area contributed by atoms with Crippen LogP contribution in [0.25, 0.3) is 11.5 Å². The molecule has 20 heavy (non-hydrogen) atoms. The lowest BCUT2D eigenvalue weighted by molar-refractivity contribution is 0.0943. The fourth-order valence-corrected chi connectivity index (χ4v) is 1.92. The van der Waals surface area contributed by atoms with Crippen LogP contribution in [0.4, 0.5) is 0 Å². The smallest absolute Gasteiger partial charge is 0.271 e. The number of furan rings is 1. The maximum absolute atomic E-state index is 12.1. The Kier molecular flexibility index (Phi) is 4.61. The van der Waals surface area contributed by atoms with E-state index in [2.05, 4.69) is 31.2 Å². The average molecular weight is 275 g/mol. The van der Waals surface area contributed by atoms with Crippen molar-refractivity contribution in [3.8, 4) is 11.5 Å². The quantitative estimate of drug-likeness (QED) is 0.881. The maximum Gasteiger partial charge on any atom is 0.271 e. The Hall–Kier alpha value is -2.04. The minimum Gasteiger partial charge on any atom is -0.463 e. The summed E-state index contributed by atoms with van der Waals surface area (Å²) < 4.78 is 7.23. The van der Waals surface area contributed by atoms with Crippen LogP contribution in [0, 0.1) is 5.92 Å². The number of nitrogens with zero attached hydrogens (tertiary/aromatic N) is 2. The summed E-state index contributed by atoms with van der Waals surface area (Å²) >= 11 is 0. The number of carbonyl (C=O) groups excluding carboxylic acids is 1. The molecule has 5 heteroatoms. The molecule has 0 saturated heterocycles. The highest BCUT2D eigenvalue weighted by molar-refractivity contribution is 5.93. The fourth-order valence-electron chi connectivity index (χ4n) is 1.92. The molecule has 0 bridgehead atoms. The number of aromatic nitrogens is 2. The van der Waals surface area contributed by atoms with Crippen molar-refractivity contribution in [2.75, 3.05) is 6.54 Å². The number of amides is 1. The highest BCUT2D eigenvalue weighted by Gasteiger charge is 2.16. The number of hydrogen-bond donors (Lipinski definition) is 1. The van der Waals surface area contributed by atoms with Crippen molar-refractivity contribution in [2.45, 2.75) is 33.7 Å². The highest BCUT2D eigenvalue weighted by atomic mass is 16.3. The zero-order valence-corrected chi connectivity index (χ0v) is 12.2. The molecule has 1 N–H and O–H groups in total. The Balaban J connectivity index is 2.23. The standard InChI is InChI=1S/C15H21N3O2/c1-4-7-18-13(14-6-5-8-20-14)9-12(17-18)15(19)16-10-11(2)3/h5-6,8-9,11H,4,7,10H2,1-3H3,(H,16,19). The van der Waals surface area contributed by atoms with Gasteiger partial charge in [-0.05, 0) is 24.5 Å². The van der Waals surface area contributed by atoms with E-state index in [1.807, 2.05) is 16.8 Å². The number of nitrogens with one attached hydrogen (secondary N) is 1. The van der Waals surface area contributed by atoms with E-state index >= 15 is 0 Å². The fraction of sp³-hybridized carbons (Fsp3) is 0.467. The normalized spacial score (nSPS) is 11.0. The average Bonchev–Trinajstić information content (AvgIpc) is 3.04. The first-order chi connectivity index (χ1) is 9.61. The number of carbonyl (C=O) groups is 1. The third kappa shape index (κ3) is 3.29. The van der Waals surface area contributed by atoms with E-state index in [0.717, 1.165) is 24.4 Å². The molecule has 2 aromatic rings. The van der Waals surface area contributed by atoms with E-state index < -0.39 is 0 Å². The molecule has 0 aliphatic carbocycles. The topological polar surface area (TPSA) is 60.1 Å². The predicted molar refractivity (Wildman–Crippen MR) is 77.4 cm³/mol. The van der Waals surface area contributed by atoms with Crippen molar-refractivity contribution < 1.29 is 9.21 Å². The van der Waals surface area contributed by atoms with Gasteiger partial charge in [0.2, 0.25) is 0 Å². The first-order valence-corrected chi connectivity index (χ1v) is 7.01. The van der Waals surface area contributed by atoms with E-state index in [1.54, 1.807) is 12.3 Å². The van der Waals surface area contributed by atoms with Crippen LogP contribution in [0.2, 0.25) is 0 Å². The summed E-state index contributed by atoms with van der Waals surface area (Å²) in [4.78, 5) is 12.1. The van der Waals surface area contributed by atoms with Crippen LogP contribution >= 0.6 is 0 Å². The molecule has 108 valence electrons. The van der Waals surface area contributed by atoms with Crippen LogP contribution in [0.3, 0.4) is 0 Å². The molecular weight excluding hydrogens is 254 g/mol. The summed E-state index contributed by atoms with van der Waals surface area (Å²) in [5.74, 6) is 1.01. The van der Waals surface area contributed by atoms with Crippen molar-refractivity contribution in [3.63, 3.8) is 0 Å². The molecular formula is C15H21N3O2. The SMILES string of the molecule is CCCn1nc(C(=O)NCC(C)C)cc1-c1ccco1. The summed E-state index contributed by atoms with van der Waals surface area (Å²) in [5, 5.41) is 7.26. The van der Waals surface area contributed by atoms with Gasteiger partial charge in [-0.1, -0.05) is 20.8 Å². The van der Waals surface area contributed by atoms with E-state index in [9.17, 15) is 4.79 Å². The van der Waals surface area contributed by atoms with Gasteiger partial charge in [-0.25, -0.2) is 0 Å². The van der Waals surface area contributed by atoms with Gasteiger partial charge in [0, 0.05) is 19.2 Å². The molecule has 0 fully saturated rings. The lowest BCUT2D eigenvalue weighted by Crippen LogP contribution is -2.27. The van der Waals surface area contributed by atoms with Gasteiger partial charge in [-0.2, -0.15) is 5.10 Å². The van der Waals surface area contributed by atoms with E-state index in [1.165, 1.54) is 0 Å². The molecule has 0 atom stereocenters. The number of rotatable bonds is 6. The summed E-state index contributed by atoms with van der Waals surface area (Å²) in [6, 6.07) is 5.49. The van der Waals surface area contributed by atoms with Gasteiger partial charge in [0.15, 0.2) is 11.5 Å². The molecule has 2 aromatic heterocycles. The minimum atomic E-state index is -0.138. The predicted octanol–water partition coefficient (Wildman–Crippen LogP) is 2.94. The molecule has 5 nitrogen and oxygen atoms in total. The van der Waals surface area contributed by atoms with Crippen molar-refractivity contribution in [1.82, 2.24) is 15.1 Å². The number of hydrogen-bond acceptors (Lipinski definition) is 3. The van der Waals surface area contributed by atoms with Crippen molar-refractivity contribution in [3.05, 3.63) is 30.2 Å². The summed E-state index contributed by atoms with van der Waals surface area (Å²) in [7, 11) is 0. The van der Waals surface area contributed by atoms with Gasteiger partial charge in [0.05, 0.1) is 6.26 Å². The van der Waals surface area contributed by atoms with Gasteiger partial charge in [0.1, 0.15) is 5.69 Å². The lowest BCUT2D eigenvalue weighted by Gasteiger charge is -2.05. The minimum absolute atomic E-state index is 0.138. The van der Waals surface area contributed by atoms with E-state index in [4.69, 9.17) is 4.42 Å². The summed E-state index contributed by atoms with van der Waals surface area (Å²) in [5.41, 5.74) is 1.28. The molecule has 0 radical (unpaired) electrons. The third-order valence-corrected chi connectivity index (χ3v) is 2.89. The Labute approximate surface area is 119 Å². The Morgan fingerprint density at radius 1 is 1.50 bits per heavy atom. The van der Waals surface area contributed by atoms with E-state index in [-0.39, 0.29) is 5.91 Å². The zero-order valence-electron chi connectivity index (χ0n) is 12.2. The van der Waals surface area contributed by atoms with Gasteiger partial charge < -0.3 is 9.73 Å². The molecule has 0 aromatic carbocycles. The highest BCUT2D eigenvalue weighted by Crippen LogP contribution is 2.21. The molecule has 2 rings (SSSR count). The molecule has 0 saturated carbocycles. The van der Waals surface area contributed by atoms with Gasteiger partial charge in [-0.3, -0.25) is 9.48 Å². The molecule has 1 amide bonds. The van der Waals surface area contributed by atoms with Gasteiger partial charge in [-0.15, -0.1) is 0 Å². The van der Waals surface area contributed by atoms with Crippen LogP contribution in [-0.2, 0) is 6.54 Å². The monoisotopic (exact) mass is 275 g/mol. The second kappa shape index (κ2) is 6.41. The Morgan fingerprint density at radius 3 is 2.90 bits per heavy atom. The summed E-state index contributed by atoms with van der Waals surface area (Å²) in [6.07, 6.45) is 2.57. The van der Waals surface area contributed by atoms with Gasteiger partial charge >= 0.3 is 0 Å². The first kappa shape index (κ1) is 14.4. The first-order valence-electron chi connectivity index (χ1n) is 7.01. The van der Waals surface area contributed by atoms with Crippen LogP contribution in [0.5, 0.6) is 0 Å². The summed E-state index contributed by atoms with van der Waals surface area (Å²) in [6.45, 7) is 7.60. The van der Waals surface area contributed by atoms with Crippen LogP contribution in [0.1, 0.15) is 37.7 Å². The van der Waals surface area contributed by atoms with Crippen molar-refractivity contribution in [1.29, 1.82) is 0 Å². The molecule has 2 heterocycles. The second-order valence-corrected chi connectivity index (χ2v) is 5.22. The second-order valence-electron chi connectivity index (χ2n) is 5.22. The molecule has 0 aliphatic rings. The lowest BCUT2D eigenvalue weighted by atomic mass is 10.2. The van der Waals surface area contributed by atoms with Crippen molar-refractivity contribution in [2.24, 2.45) is 5.92 Å².